The Bertz CT molecular complexity index is 339. The molecule has 1 heterocycles. The van der Waals surface area contributed by atoms with Crippen molar-refractivity contribution in [3.8, 4) is 0 Å². The highest BCUT2D eigenvalue weighted by molar-refractivity contribution is 5.77. The molecule has 1 aromatic rings. The zero-order valence-electron chi connectivity index (χ0n) is 7.46. The Labute approximate surface area is 74.3 Å². The van der Waals surface area contributed by atoms with E-state index in [0.29, 0.717) is 5.82 Å². The van der Waals surface area contributed by atoms with Crippen molar-refractivity contribution >= 4 is 5.91 Å². The molecule has 0 saturated carbocycles. The van der Waals surface area contributed by atoms with Crippen molar-refractivity contribution < 1.29 is 9.32 Å². The van der Waals surface area contributed by atoms with Gasteiger partial charge in [0.25, 0.3) is 0 Å². The predicted octanol–water partition coefficient (Wildman–Crippen LogP) is -0.365. The summed E-state index contributed by atoms with van der Waals surface area (Å²) in [5.74, 6) is -0.477. The number of aromatic amines is 1. The molecule has 0 aromatic carbocycles. The number of hydrogen-bond acceptors (Lipinski definition) is 4. The van der Waals surface area contributed by atoms with Crippen LogP contribution in [0.5, 0.6) is 0 Å². The van der Waals surface area contributed by atoms with E-state index in [0.717, 1.165) is 0 Å². The molecule has 0 spiro atoms. The van der Waals surface area contributed by atoms with Crippen molar-refractivity contribution in [3.05, 3.63) is 16.4 Å². The van der Waals surface area contributed by atoms with Crippen molar-refractivity contribution in [1.29, 1.82) is 0 Å². The average molecular weight is 185 g/mol. The number of aromatic nitrogens is 2. The van der Waals surface area contributed by atoms with Crippen LogP contribution in [0.3, 0.4) is 0 Å². The summed E-state index contributed by atoms with van der Waals surface area (Å²) in [6.45, 7) is 3.74. The highest BCUT2D eigenvalue weighted by Gasteiger charge is 2.07. The van der Waals surface area contributed by atoms with Crippen LogP contribution in [0.15, 0.2) is 9.32 Å². The van der Waals surface area contributed by atoms with Crippen molar-refractivity contribution in [1.82, 2.24) is 15.5 Å². The molecule has 0 fully saturated rings. The molecule has 6 nitrogen and oxygen atoms in total. The van der Waals surface area contributed by atoms with Gasteiger partial charge in [-0.15, -0.1) is 0 Å². The molecule has 72 valence electrons. The van der Waals surface area contributed by atoms with Crippen LogP contribution in [0, 0.1) is 5.92 Å². The van der Waals surface area contributed by atoms with Crippen molar-refractivity contribution in [2.24, 2.45) is 5.92 Å². The number of amides is 1. The van der Waals surface area contributed by atoms with Gasteiger partial charge in [0.1, 0.15) is 0 Å². The third-order valence-electron chi connectivity index (χ3n) is 1.44. The van der Waals surface area contributed by atoms with Crippen molar-refractivity contribution in [2.75, 3.05) is 0 Å². The van der Waals surface area contributed by atoms with Crippen LogP contribution < -0.4 is 11.1 Å². The summed E-state index contributed by atoms with van der Waals surface area (Å²) in [6, 6.07) is 0. The summed E-state index contributed by atoms with van der Waals surface area (Å²) in [5.41, 5.74) is 0. The first-order chi connectivity index (χ1) is 6.09. The molecule has 0 atom stereocenters. The maximum absolute atomic E-state index is 11.1. The first kappa shape index (κ1) is 9.50. The Morgan fingerprint density at radius 1 is 1.69 bits per heavy atom. The second-order valence-corrected chi connectivity index (χ2v) is 2.91. The molecule has 0 aliphatic rings. The third-order valence-corrected chi connectivity index (χ3v) is 1.44. The molecular weight excluding hydrogens is 174 g/mol. The number of nitrogens with zero attached hydrogens (tertiary/aromatic N) is 1. The maximum atomic E-state index is 11.1. The van der Waals surface area contributed by atoms with Gasteiger partial charge in [0.15, 0.2) is 5.82 Å². The lowest BCUT2D eigenvalue weighted by molar-refractivity contribution is -0.124. The van der Waals surface area contributed by atoms with Crippen LogP contribution >= 0.6 is 0 Å². The largest absolute Gasteiger partial charge is 0.438 e. The van der Waals surface area contributed by atoms with E-state index >= 15 is 0 Å². The van der Waals surface area contributed by atoms with E-state index in [-0.39, 0.29) is 18.4 Å². The minimum Gasteiger partial charge on any atom is -0.349 e. The SMILES string of the molecule is CC(C)C(=O)NCc1noc(=O)[nH]1. The molecule has 0 radical (unpaired) electrons. The molecule has 0 saturated heterocycles. The lowest BCUT2D eigenvalue weighted by atomic mass is 10.2. The summed E-state index contributed by atoms with van der Waals surface area (Å²) < 4.78 is 4.24. The smallest absolute Gasteiger partial charge is 0.349 e. The number of hydrogen-bond donors (Lipinski definition) is 2. The van der Waals surface area contributed by atoms with Gasteiger partial charge in [-0.05, 0) is 0 Å². The molecule has 0 aliphatic heterocycles. The van der Waals surface area contributed by atoms with E-state index in [1.54, 1.807) is 13.8 Å². The summed E-state index contributed by atoms with van der Waals surface area (Å²) in [4.78, 5) is 23.9. The van der Waals surface area contributed by atoms with E-state index < -0.39 is 5.76 Å². The fourth-order valence-corrected chi connectivity index (χ4v) is 0.711. The number of rotatable bonds is 3. The van der Waals surface area contributed by atoms with Gasteiger partial charge in [-0.1, -0.05) is 19.0 Å². The second kappa shape index (κ2) is 3.88. The third kappa shape index (κ3) is 2.73. The van der Waals surface area contributed by atoms with E-state index in [2.05, 4.69) is 20.0 Å². The Kier molecular flexibility index (Phi) is 2.84. The number of carbonyl (C=O) groups is 1. The predicted molar refractivity (Wildman–Crippen MR) is 43.8 cm³/mol. The zero-order valence-corrected chi connectivity index (χ0v) is 7.46. The Balaban J connectivity index is 2.44. The summed E-state index contributed by atoms with van der Waals surface area (Å²) in [6.07, 6.45) is 0. The van der Waals surface area contributed by atoms with Gasteiger partial charge >= 0.3 is 5.76 Å². The minimum absolute atomic E-state index is 0.0846. The zero-order chi connectivity index (χ0) is 9.84. The normalized spacial score (nSPS) is 10.4. The second-order valence-electron chi connectivity index (χ2n) is 2.91. The van der Waals surface area contributed by atoms with Gasteiger partial charge in [0.2, 0.25) is 5.91 Å². The average Bonchev–Trinajstić information content (AvgIpc) is 2.47. The molecule has 0 aliphatic carbocycles. The fraction of sp³-hybridized carbons (Fsp3) is 0.571. The monoisotopic (exact) mass is 185 g/mol. The fourth-order valence-electron chi connectivity index (χ4n) is 0.711. The van der Waals surface area contributed by atoms with E-state index in [1.807, 2.05) is 0 Å². The molecule has 13 heavy (non-hydrogen) atoms. The van der Waals surface area contributed by atoms with Crippen LogP contribution in [0.4, 0.5) is 0 Å². The molecule has 0 bridgehead atoms. The Hall–Kier alpha value is -1.59. The summed E-state index contributed by atoms with van der Waals surface area (Å²) in [5, 5.41) is 5.97. The molecule has 0 unspecified atom stereocenters. The van der Waals surface area contributed by atoms with Crippen LogP contribution in [0.1, 0.15) is 19.7 Å². The lowest BCUT2D eigenvalue weighted by Gasteiger charge is -2.03. The van der Waals surface area contributed by atoms with Crippen molar-refractivity contribution in [2.45, 2.75) is 20.4 Å². The van der Waals surface area contributed by atoms with Crippen LogP contribution in [0.25, 0.3) is 0 Å². The van der Waals surface area contributed by atoms with Gasteiger partial charge in [-0.2, -0.15) is 0 Å². The van der Waals surface area contributed by atoms with Gasteiger partial charge in [0, 0.05) is 5.92 Å². The molecule has 2 N–H and O–H groups in total. The Morgan fingerprint density at radius 3 is 2.85 bits per heavy atom. The maximum Gasteiger partial charge on any atom is 0.438 e. The van der Waals surface area contributed by atoms with Crippen LogP contribution in [-0.2, 0) is 11.3 Å². The van der Waals surface area contributed by atoms with E-state index in [9.17, 15) is 9.59 Å². The van der Waals surface area contributed by atoms with Gasteiger partial charge in [0.05, 0.1) is 6.54 Å². The summed E-state index contributed by atoms with van der Waals surface area (Å²) >= 11 is 0. The molecule has 1 amide bonds. The minimum atomic E-state index is -0.617. The number of H-pyrrole nitrogens is 1. The molecule has 1 aromatic heterocycles. The molecule has 6 heteroatoms. The topological polar surface area (TPSA) is 88.0 Å². The van der Waals surface area contributed by atoms with Gasteiger partial charge in [-0.25, -0.2) is 4.79 Å². The van der Waals surface area contributed by atoms with Gasteiger partial charge in [-0.3, -0.25) is 14.3 Å². The highest BCUT2D eigenvalue weighted by atomic mass is 16.5. The number of carbonyl (C=O) groups excluding carboxylic acids is 1. The summed E-state index contributed by atoms with van der Waals surface area (Å²) in [7, 11) is 0. The van der Waals surface area contributed by atoms with Crippen molar-refractivity contribution in [3.63, 3.8) is 0 Å². The lowest BCUT2D eigenvalue weighted by Crippen LogP contribution is -2.27. The quantitative estimate of drug-likeness (QED) is 0.672. The van der Waals surface area contributed by atoms with Crippen LogP contribution in [0.2, 0.25) is 0 Å². The number of nitrogens with one attached hydrogen (secondary N) is 2. The standard InChI is InChI=1S/C7H11N3O3/c1-4(2)6(11)8-3-5-9-7(12)13-10-5/h4H,3H2,1-2H3,(H,8,11)(H,9,10,12). The first-order valence-electron chi connectivity index (χ1n) is 3.92. The highest BCUT2D eigenvalue weighted by Crippen LogP contribution is 1.91. The van der Waals surface area contributed by atoms with Gasteiger partial charge < -0.3 is 5.32 Å². The first-order valence-corrected chi connectivity index (χ1v) is 3.92. The Morgan fingerprint density at radius 2 is 2.38 bits per heavy atom. The molecular formula is C7H11N3O3. The van der Waals surface area contributed by atoms with E-state index in [4.69, 9.17) is 0 Å². The van der Waals surface area contributed by atoms with Crippen LogP contribution in [-0.4, -0.2) is 16.0 Å². The van der Waals surface area contributed by atoms with E-state index in [1.165, 1.54) is 0 Å². The molecule has 1 rings (SSSR count).